The molecule has 0 radical (unpaired) electrons. The van der Waals surface area contributed by atoms with Crippen LogP contribution in [0.4, 0.5) is 0 Å². The Labute approximate surface area is 151 Å². The number of nitrogens with zero attached hydrogens (tertiary/aromatic N) is 2. The van der Waals surface area contributed by atoms with Crippen LogP contribution in [0.15, 0.2) is 54.7 Å². The van der Waals surface area contributed by atoms with Crippen molar-refractivity contribution in [3.05, 3.63) is 60.3 Å². The fourth-order valence-corrected chi connectivity index (χ4v) is 2.63. The summed E-state index contributed by atoms with van der Waals surface area (Å²) >= 11 is 5.67. The van der Waals surface area contributed by atoms with Gasteiger partial charge >= 0.3 is 0 Å². The van der Waals surface area contributed by atoms with E-state index in [4.69, 9.17) is 21.1 Å². The first-order chi connectivity index (χ1) is 12.3. The number of alkyl halides is 1. The molecule has 25 heavy (non-hydrogen) atoms. The molecule has 1 heterocycles. The molecule has 4 nitrogen and oxygen atoms in total. The Balaban J connectivity index is 1.92. The molecule has 0 spiro atoms. The molecule has 0 saturated heterocycles. The number of halogens is 1. The van der Waals surface area contributed by atoms with Gasteiger partial charge in [-0.3, -0.25) is 4.98 Å². The van der Waals surface area contributed by atoms with Crippen molar-refractivity contribution in [2.75, 3.05) is 12.5 Å². The van der Waals surface area contributed by atoms with Crippen molar-refractivity contribution < 1.29 is 9.47 Å². The van der Waals surface area contributed by atoms with E-state index < -0.39 is 0 Å². The van der Waals surface area contributed by atoms with Crippen molar-refractivity contribution in [2.24, 2.45) is 0 Å². The first kappa shape index (κ1) is 17.1. The van der Waals surface area contributed by atoms with E-state index in [1.165, 1.54) is 0 Å². The largest absolute Gasteiger partial charge is 0.492 e. The summed E-state index contributed by atoms with van der Waals surface area (Å²) in [6.07, 6.45) is 3.41. The van der Waals surface area contributed by atoms with Gasteiger partial charge in [0.15, 0.2) is 0 Å². The average molecular weight is 353 g/mol. The third-order valence-electron chi connectivity index (χ3n) is 3.68. The third kappa shape index (κ3) is 4.20. The van der Waals surface area contributed by atoms with E-state index in [1.54, 1.807) is 24.4 Å². The second-order valence-corrected chi connectivity index (χ2v) is 5.82. The van der Waals surface area contributed by atoms with Gasteiger partial charge in [-0.25, -0.2) is 0 Å². The first-order valence-electron chi connectivity index (χ1n) is 8.06. The van der Waals surface area contributed by atoms with Crippen LogP contribution in [-0.2, 0) is 0 Å². The smallest absolute Gasteiger partial charge is 0.139 e. The van der Waals surface area contributed by atoms with Gasteiger partial charge in [-0.1, -0.05) is 18.2 Å². The van der Waals surface area contributed by atoms with Gasteiger partial charge in [-0.15, -0.1) is 11.6 Å². The van der Waals surface area contributed by atoms with E-state index in [9.17, 15) is 5.26 Å². The summed E-state index contributed by atoms with van der Waals surface area (Å²) in [6.45, 7) is 0.521. The van der Waals surface area contributed by atoms with Gasteiger partial charge in [0.25, 0.3) is 0 Å². The molecule has 0 atom stereocenters. The lowest BCUT2D eigenvalue weighted by atomic mass is 10.1. The molecule has 0 saturated carbocycles. The molecule has 1 aromatic heterocycles. The first-order valence-corrected chi connectivity index (χ1v) is 8.60. The molecular formula is C20H17ClN2O2. The van der Waals surface area contributed by atoms with E-state index in [-0.39, 0.29) is 0 Å². The molecule has 3 aromatic rings. The number of para-hydroxylation sites is 1. The lowest BCUT2D eigenvalue weighted by molar-refractivity contribution is 0.309. The molecule has 0 aliphatic carbocycles. The predicted molar refractivity (Wildman–Crippen MR) is 98.4 cm³/mol. The molecule has 3 rings (SSSR count). The Morgan fingerprint density at radius 1 is 1.04 bits per heavy atom. The summed E-state index contributed by atoms with van der Waals surface area (Å²) < 4.78 is 11.7. The fraction of sp³-hybridized carbons (Fsp3) is 0.200. The van der Waals surface area contributed by atoms with Gasteiger partial charge in [0.2, 0.25) is 0 Å². The zero-order valence-electron chi connectivity index (χ0n) is 13.6. The van der Waals surface area contributed by atoms with Crippen molar-refractivity contribution in [3.8, 4) is 23.3 Å². The second kappa shape index (κ2) is 8.36. The van der Waals surface area contributed by atoms with Crippen LogP contribution in [0.3, 0.4) is 0 Å². The minimum atomic E-state index is 0.462. The highest BCUT2D eigenvalue weighted by molar-refractivity contribution is 6.17. The van der Waals surface area contributed by atoms with E-state index in [0.29, 0.717) is 29.5 Å². The minimum Gasteiger partial charge on any atom is -0.492 e. The monoisotopic (exact) mass is 352 g/mol. The lowest BCUT2D eigenvalue weighted by Gasteiger charge is -2.12. The highest BCUT2D eigenvalue weighted by atomic mass is 35.5. The minimum absolute atomic E-state index is 0.462. The number of unbranched alkanes of at least 4 members (excludes halogenated alkanes) is 1. The number of fused-ring (bicyclic) bond motifs is 1. The van der Waals surface area contributed by atoms with Gasteiger partial charge in [0.05, 0.1) is 17.7 Å². The Kier molecular flexibility index (Phi) is 5.71. The van der Waals surface area contributed by atoms with Gasteiger partial charge in [-0.05, 0) is 37.1 Å². The molecule has 0 aliphatic rings. The van der Waals surface area contributed by atoms with Crippen LogP contribution in [0.2, 0.25) is 0 Å². The second-order valence-electron chi connectivity index (χ2n) is 5.45. The van der Waals surface area contributed by atoms with Crippen LogP contribution in [0, 0.1) is 11.3 Å². The molecule has 0 aliphatic heterocycles. The van der Waals surface area contributed by atoms with E-state index >= 15 is 0 Å². The van der Waals surface area contributed by atoms with Crippen LogP contribution in [-0.4, -0.2) is 17.5 Å². The van der Waals surface area contributed by atoms with Gasteiger partial charge in [0, 0.05) is 23.5 Å². The number of hydrogen-bond acceptors (Lipinski definition) is 4. The number of aromatic nitrogens is 1. The maximum atomic E-state index is 9.45. The van der Waals surface area contributed by atoms with Crippen LogP contribution in [0.5, 0.6) is 17.2 Å². The van der Waals surface area contributed by atoms with Gasteiger partial charge in [0.1, 0.15) is 23.3 Å². The molecule has 5 heteroatoms. The zero-order valence-corrected chi connectivity index (χ0v) is 14.4. The summed E-state index contributed by atoms with van der Waals surface area (Å²) in [5.41, 5.74) is 1.18. The van der Waals surface area contributed by atoms with Crippen LogP contribution >= 0.6 is 11.6 Å². The Morgan fingerprint density at radius 3 is 2.64 bits per heavy atom. The van der Waals surface area contributed by atoms with Crippen LogP contribution < -0.4 is 9.47 Å². The molecule has 0 amide bonds. The molecule has 0 N–H and O–H groups in total. The predicted octanol–water partition coefficient (Wildman–Crippen LogP) is 5.30. The van der Waals surface area contributed by atoms with Crippen molar-refractivity contribution in [2.45, 2.75) is 12.8 Å². The number of ether oxygens (including phenoxy) is 2. The maximum absolute atomic E-state index is 9.45. The van der Waals surface area contributed by atoms with Gasteiger partial charge in [-0.2, -0.15) is 5.26 Å². The molecule has 2 aromatic carbocycles. The fourth-order valence-electron chi connectivity index (χ4n) is 2.44. The molecule has 0 unspecified atom stereocenters. The molecule has 126 valence electrons. The van der Waals surface area contributed by atoms with E-state index in [1.807, 2.05) is 30.3 Å². The lowest BCUT2D eigenvalue weighted by Crippen LogP contribution is -2.00. The highest BCUT2D eigenvalue weighted by Gasteiger charge is 2.11. The zero-order chi connectivity index (χ0) is 17.5. The molecule has 0 bridgehead atoms. The number of benzene rings is 2. The number of nitriles is 1. The molecular weight excluding hydrogens is 336 g/mol. The van der Waals surface area contributed by atoms with E-state index in [0.717, 1.165) is 29.5 Å². The molecule has 0 fully saturated rings. The maximum Gasteiger partial charge on any atom is 0.139 e. The Hall–Kier alpha value is -2.77. The van der Waals surface area contributed by atoms with Crippen LogP contribution in [0.25, 0.3) is 10.9 Å². The Morgan fingerprint density at radius 2 is 1.88 bits per heavy atom. The SMILES string of the molecule is N#Cc1cc2c(Oc3ccccc3)ccnc2cc1OCCCCCl. The summed E-state index contributed by atoms with van der Waals surface area (Å²) in [5.74, 6) is 2.53. The summed E-state index contributed by atoms with van der Waals surface area (Å²) in [7, 11) is 0. The van der Waals surface area contributed by atoms with E-state index in [2.05, 4.69) is 11.1 Å². The average Bonchev–Trinajstić information content (AvgIpc) is 2.66. The summed E-state index contributed by atoms with van der Waals surface area (Å²) in [6, 6.07) is 17.0. The number of hydrogen-bond donors (Lipinski definition) is 0. The van der Waals surface area contributed by atoms with Crippen molar-refractivity contribution >= 4 is 22.5 Å². The number of rotatable bonds is 7. The quantitative estimate of drug-likeness (QED) is 0.428. The topological polar surface area (TPSA) is 55.1 Å². The third-order valence-corrected chi connectivity index (χ3v) is 3.95. The van der Waals surface area contributed by atoms with Crippen molar-refractivity contribution in [1.29, 1.82) is 5.26 Å². The summed E-state index contributed by atoms with van der Waals surface area (Å²) in [4.78, 5) is 4.37. The van der Waals surface area contributed by atoms with Gasteiger partial charge < -0.3 is 9.47 Å². The summed E-state index contributed by atoms with van der Waals surface area (Å²) in [5, 5.41) is 10.2. The van der Waals surface area contributed by atoms with Crippen molar-refractivity contribution in [3.63, 3.8) is 0 Å². The number of pyridine rings is 1. The van der Waals surface area contributed by atoms with Crippen molar-refractivity contribution in [1.82, 2.24) is 4.98 Å². The van der Waals surface area contributed by atoms with Crippen LogP contribution in [0.1, 0.15) is 18.4 Å². The standard InChI is InChI=1S/C20H17ClN2O2/c21-9-4-5-11-24-20-13-18-17(12-15(20)14-22)19(8-10-23-18)25-16-6-2-1-3-7-16/h1-3,6-8,10,12-13H,4-5,9,11H2. The Bertz CT molecular complexity index is 891. The normalized spacial score (nSPS) is 10.4. The highest BCUT2D eigenvalue weighted by Crippen LogP contribution is 2.33.